The molecule has 1 atom stereocenters. The molecule has 0 radical (unpaired) electrons. The molecule has 4 heteroatoms. The Kier molecular flexibility index (Phi) is 3.67. The Morgan fingerprint density at radius 2 is 2.00 bits per heavy atom. The van der Waals surface area contributed by atoms with E-state index in [0.29, 0.717) is 0 Å². The van der Waals surface area contributed by atoms with Crippen LogP contribution in [0.1, 0.15) is 20.8 Å². The summed E-state index contributed by atoms with van der Waals surface area (Å²) in [6, 6.07) is -0.797. The van der Waals surface area contributed by atoms with Gasteiger partial charge in [-0.1, -0.05) is 0 Å². The summed E-state index contributed by atoms with van der Waals surface area (Å²) in [5.41, 5.74) is 5.13. The van der Waals surface area contributed by atoms with Crippen molar-refractivity contribution >= 4 is 5.91 Å². The fourth-order valence-electron chi connectivity index (χ4n) is 0.657. The first kappa shape index (κ1) is 11.4. The molecule has 0 aromatic rings. The van der Waals surface area contributed by atoms with Crippen LogP contribution >= 0.6 is 0 Å². The van der Waals surface area contributed by atoms with Crippen molar-refractivity contribution in [1.29, 1.82) is 0 Å². The quantitative estimate of drug-likeness (QED) is 0.596. The standard InChI is InChI=1S/C8H18N2O2/c1-8(2,3)10(4)7(12)6(9)5-11/h6,11H,5,9H2,1-4H3. The summed E-state index contributed by atoms with van der Waals surface area (Å²) in [5, 5.41) is 8.65. The predicted molar refractivity (Wildman–Crippen MR) is 47.6 cm³/mol. The first-order chi connectivity index (χ1) is 5.30. The summed E-state index contributed by atoms with van der Waals surface area (Å²) in [6.07, 6.45) is 0. The van der Waals surface area contributed by atoms with Crippen LogP contribution in [0.5, 0.6) is 0 Å². The van der Waals surface area contributed by atoms with E-state index in [0.717, 1.165) is 0 Å². The van der Waals surface area contributed by atoms with Crippen LogP contribution in [0.4, 0.5) is 0 Å². The van der Waals surface area contributed by atoms with E-state index in [1.165, 1.54) is 4.90 Å². The summed E-state index contributed by atoms with van der Waals surface area (Å²) in [6.45, 7) is 5.43. The van der Waals surface area contributed by atoms with E-state index in [2.05, 4.69) is 0 Å². The Balaban J connectivity index is 4.30. The number of likely N-dealkylation sites (N-methyl/N-ethyl adjacent to an activating group) is 1. The highest BCUT2D eigenvalue weighted by Crippen LogP contribution is 2.10. The molecular weight excluding hydrogens is 156 g/mol. The maximum atomic E-state index is 11.4. The van der Waals surface area contributed by atoms with E-state index in [9.17, 15) is 4.79 Å². The lowest BCUT2D eigenvalue weighted by Crippen LogP contribution is -2.51. The van der Waals surface area contributed by atoms with Crippen LogP contribution in [0.3, 0.4) is 0 Å². The molecule has 0 bridgehead atoms. The van der Waals surface area contributed by atoms with Gasteiger partial charge in [0.1, 0.15) is 6.04 Å². The highest BCUT2D eigenvalue weighted by atomic mass is 16.3. The number of nitrogens with zero attached hydrogens (tertiary/aromatic N) is 1. The number of hydrogen-bond acceptors (Lipinski definition) is 3. The van der Waals surface area contributed by atoms with Gasteiger partial charge in [0.2, 0.25) is 5.91 Å². The smallest absolute Gasteiger partial charge is 0.242 e. The molecule has 0 saturated carbocycles. The number of carbonyl (C=O) groups is 1. The molecule has 4 nitrogen and oxygen atoms in total. The van der Waals surface area contributed by atoms with Crippen molar-refractivity contribution in [2.24, 2.45) is 5.73 Å². The lowest BCUT2D eigenvalue weighted by atomic mass is 10.1. The third kappa shape index (κ3) is 2.79. The lowest BCUT2D eigenvalue weighted by molar-refractivity contribution is -0.136. The van der Waals surface area contributed by atoms with Crippen molar-refractivity contribution in [3.63, 3.8) is 0 Å². The first-order valence-electron chi connectivity index (χ1n) is 3.95. The highest BCUT2D eigenvalue weighted by Gasteiger charge is 2.25. The largest absolute Gasteiger partial charge is 0.394 e. The number of hydrogen-bond donors (Lipinski definition) is 2. The summed E-state index contributed by atoms with van der Waals surface area (Å²) >= 11 is 0. The second kappa shape index (κ2) is 3.87. The molecule has 1 unspecified atom stereocenters. The molecule has 0 fully saturated rings. The van der Waals surface area contributed by atoms with Crippen molar-refractivity contribution in [2.45, 2.75) is 32.4 Å². The first-order valence-corrected chi connectivity index (χ1v) is 3.95. The van der Waals surface area contributed by atoms with Gasteiger partial charge in [-0.25, -0.2) is 0 Å². The van der Waals surface area contributed by atoms with Crippen molar-refractivity contribution in [3.05, 3.63) is 0 Å². The third-order valence-electron chi connectivity index (χ3n) is 1.85. The second-order valence-electron chi connectivity index (χ2n) is 3.86. The summed E-state index contributed by atoms with van der Waals surface area (Å²) in [7, 11) is 1.68. The average molecular weight is 174 g/mol. The zero-order valence-corrected chi connectivity index (χ0v) is 8.16. The molecule has 0 aliphatic carbocycles. The molecule has 3 N–H and O–H groups in total. The number of rotatable bonds is 2. The molecule has 0 heterocycles. The molecular formula is C8H18N2O2. The molecule has 0 aliphatic heterocycles. The van der Waals surface area contributed by atoms with Gasteiger partial charge < -0.3 is 15.7 Å². The van der Waals surface area contributed by atoms with Crippen LogP contribution in [0.2, 0.25) is 0 Å². The van der Waals surface area contributed by atoms with Crippen LogP contribution in [0, 0.1) is 0 Å². The average Bonchev–Trinajstić information content (AvgIpc) is 1.98. The minimum Gasteiger partial charge on any atom is -0.394 e. The topological polar surface area (TPSA) is 66.6 Å². The van der Waals surface area contributed by atoms with E-state index >= 15 is 0 Å². The van der Waals surface area contributed by atoms with E-state index in [1.54, 1.807) is 7.05 Å². The van der Waals surface area contributed by atoms with Crippen LogP contribution in [-0.4, -0.2) is 41.1 Å². The molecule has 0 saturated heterocycles. The zero-order valence-electron chi connectivity index (χ0n) is 8.16. The SMILES string of the molecule is CN(C(=O)C(N)CO)C(C)(C)C. The van der Waals surface area contributed by atoms with Gasteiger partial charge in [0.25, 0.3) is 0 Å². The molecule has 72 valence electrons. The Bertz CT molecular complexity index is 163. The predicted octanol–water partition coefficient (Wildman–Crippen LogP) is -0.437. The normalized spacial score (nSPS) is 14.2. The van der Waals surface area contributed by atoms with Gasteiger partial charge in [-0.05, 0) is 20.8 Å². The van der Waals surface area contributed by atoms with Crippen molar-refractivity contribution in [1.82, 2.24) is 4.90 Å². The van der Waals surface area contributed by atoms with Crippen LogP contribution in [0.15, 0.2) is 0 Å². The van der Waals surface area contributed by atoms with Gasteiger partial charge in [-0.3, -0.25) is 4.79 Å². The second-order valence-corrected chi connectivity index (χ2v) is 3.86. The zero-order chi connectivity index (χ0) is 9.94. The molecule has 0 aromatic carbocycles. The monoisotopic (exact) mass is 174 g/mol. The van der Waals surface area contributed by atoms with Crippen LogP contribution in [-0.2, 0) is 4.79 Å². The fourth-order valence-corrected chi connectivity index (χ4v) is 0.657. The fraction of sp³-hybridized carbons (Fsp3) is 0.875. The van der Waals surface area contributed by atoms with Gasteiger partial charge in [0, 0.05) is 12.6 Å². The van der Waals surface area contributed by atoms with Gasteiger partial charge in [0.05, 0.1) is 6.61 Å². The third-order valence-corrected chi connectivity index (χ3v) is 1.85. The van der Waals surface area contributed by atoms with Crippen LogP contribution < -0.4 is 5.73 Å². The minimum absolute atomic E-state index is 0.231. The van der Waals surface area contributed by atoms with E-state index < -0.39 is 6.04 Å². The number of carbonyl (C=O) groups excluding carboxylic acids is 1. The minimum atomic E-state index is -0.797. The Morgan fingerprint density at radius 1 is 1.58 bits per heavy atom. The maximum Gasteiger partial charge on any atom is 0.242 e. The van der Waals surface area contributed by atoms with Crippen molar-refractivity contribution in [3.8, 4) is 0 Å². The summed E-state index contributed by atoms with van der Waals surface area (Å²) < 4.78 is 0. The van der Waals surface area contributed by atoms with Gasteiger partial charge in [-0.2, -0.15) is 0 Å². The summed E-state index contributed by atoms with van der Waals surface area (Å²) in [4.78, 5) is 12.9. The van der Waals surface area contributed by atoms with Crippen molar-refractivity contribution < 1.29 is 9.90 Å². The van der Waals surface area contributed by atoms with Gasteiger partial charge in [-0.15, -0.1) is 0 Å². The number of aliphatic hydroxyl groups excluding tert-OH is 1. The highest BCUT2D eigenvalue weighted by molar-refractivity contribution is 5.82. The van der Waals surface area contributed by atoms with E-state index in [1.807, 2.05) is 20.8 Å². The molecule has 0 aliphatic rings. The Labute approximate surface area is 73.3 Å². The Morgan fingerprint density at radius 3 is 2.25 bits per heavy atom. The summed E-state index contributed by atoms with van der Waals surface area (Å²) in [5.74, 6) is -0.231. The van der Waals surface area contributed by atoms with E-state index in [4.69, 9.17) is 10.8 Å². The number of amides is 1. The molecule has 0 aromatic heterocycles. The lowest BCUT2D eigenvalue weighted by Gasteiger charge is -2.33. The Hall–Kier alpha value is -0.610. The van der Waals surface area contributed by atoms with Crippen molar-refractivity contribution in [2.75, 3.05) is 13.7 Å². The molecule has 1 amide bonds. The number of nitrogens with two attached hydrogens (primary N) is 1. The van der Waals surface area contributed by atoms with Gasteiger partial charge >= 0.3 is 0 Å². The molecule has 12 heavy (non-hydrogen) atoms. The maximum absolute atomic E-state index is 11.4. The van der Waals surface area contributed by atoms with Gasteiger partial charge in [0.15, 0.2) is 0 Å². The van der Waals surface area contributed by atoms with E-state index in [-0.39, 0.29) is 18.1 Å². The molecule has 0 rings (SSSR count). The molecule has 0 spiro atoms. The van der Waals surface area contributed by atoms with Crippen LogP contribution in [0.25, 0.3) is 0 Å². The number of aliphatic hydroxyl groups is 1.